The van der Waals surface area contributed by atoms with E-state index in [1.807, 2.05) is 12.1 Å². The predicted molar refractivity (Wildman–Crippen MR) is 73.7 cm³/mol. The Hall–Kier alpha value is -1.88. The zero-order valence-corrected chi connectivity index (χ0v) is 11.0. The van der Waals surface area contributed by atoms with Crippen molar-refractivity contribution in [3.05, 3.63) is 23.8 Å². The van der Waals surface area contributed by atoms with Gasteiger partial charge in [0.1, 0.15) is 5.52 Å². The Kier molecular flexibility index (Phi) is 3.21. The molecule has 1 aromatic heterocycles. The maximum atomic E-state index is 11.0. The SMILES string of the molecule is CN1CCCN(c2nc3c(C=O)cccc3o2)CC1. The molecule has 0 N–H and O–H groups in total. The van der Waals surface area contributed by atoms with E-state index in [4.69, 9.17) is 4.42 Å². The number of nitrogens with zero attached hydrogens (tertiary/aromatic N) is 3. The smallest absolute Gasteiger partial charge is 0.298 e. The Morgan fingerprint density at radius 2 is 2.16 bits per heavy atom. The molecule has 0 saturated carbocycles. The van der Waals surface area contributed by atoms with Crippen LogP contribution in [0.3, 0.4) is 0 Å². The number of benzene rings is 1. The minimum atomic E-state index is 0.583. The predicted octanol–water partition coefficient (Wildman–Crippen LogP) is 1.78. The van der Waals surface area contributed by atoms with Gasteiger partial charge in [-0.05, 0) is 32.1 Å². The van der Waals surface area contributed by atoms with Gasteiger partial charge in [0.05, 0.1) is 0 Å². The van der Waals surface area contributed by atoms with E-state index in [0.717, 1.165) is 38.9 Å². The highest BCUT2D eigenvalue weighted by atomic mass is 16.4. The lowest BCUT2D eigenvalue weighted by Crippen LogP contribution is -2.28. The third-order valence-electron chi connectivity index (χ3n) is 3.56. The van der Waals surface area contributed by atoms with E-state index < -0.39 is 0 Å². The minimum absolute atomic E-state index is 0.583. The number of aromatic nitrogens is 1. The molecule has 5 heteroatoms. The average molecular weight is 259 g/mol. The molecule has 3 rings (SSSR count). The number of aldehydes is 1. The summed E-state index contributed by atoms with van der Waals surface area (Å²) in [7, 11) is 2.13. The van der Waals surface area contributed by atoms with Gasteiger partial charge in [0.25, 0.3) is 6.01 Å². The fraction of sp³-hybridized carbons (Fsp3) is 0.429. The van der Waals surface area contributed by atoms with E-state index in [1.54, 1.807) is 6.07 Å². The van der Waals surface area contributed by atoms with Crippen LogP contribution in [0.2, 0.25) is 0 Å². The van der Waals surface area contributed by atoms with E-state index in [9.17, 15) is 4.79 Å². The number of anilines is 1. The molecular formula is C14H17N3O2. The van der Waals surface area contributed by atoms with Gasteiger partial charge < -0.3 is 14.2 Å². The van der Waals surface area contributed by atoms with Crippen molar-refractivity contribution in [1.82, 2.24) is 9.88 Å². The number of carbonyl (C=O) groups excluding carboxylic acids is 1. The quantitative estimate of drug-likeness (QED) is 0.769. The van der Waals surface area contributed by atoms with Crippen molar-refractivity contribution in [2.24, 2.45) is 0 Å². The summed E-state index contributed by atoms with van der Waals surface area (Å²) in [6.07, 6.45) is 1.92. The van der Waals surface area contributed by atoms with Gasteiger partial charge in [0.15, 0.2) is 11.9 Å². The Morgan fingerprint density at radius 1 is 1.26 bits per heavy atom. The first-order valence-corrected chi connectivity index (χ1v) is 6.56. The highest BCUT2D eigenvalue weighted by Gasteiger charge is 2.18. The van der Waals surface area contributed by atoms with E-state index in [1.165, 1.54) is 0 Å². The fourth-order valence-electron chi connectivity index (χ4n) is 2.43. The molecule has 2 aromatic rings. The van der Waals surface area contributed by atoms with Gasteiger partial charge in [0, 0.05) is 25.2 Å². The van der Waals surface area contributed by atoms with Gasteiger partial charge in [-0.1, -0.05) is 6.07 Å². The first kappa shape index (κ1) is 12.2. The average Bonchev–Trinajstić information content (AvgIpc) is 2.74. The van der Waals surface area contributed by atoms with E-state index in [2.05, 4.69) is 21.8 Å². The van der Waals surface area contributed by atoms with Crippen LogP contribution in [0, 0.1) is 0 Å². The van der Waals surface area contributed by atoms with Crippen LogP contribution in [0.5, 0.6) is 0 Å². The van der Waals surface area contributed by atoms with Crippen LogP contribution in [-0.2, 0) is 0 Å². The number of hydrogen-bond donors (Lipinski definition) is 0. The number of fused-ring (bicyclic) bond motifs is 1. The molecule has 0 bridgehead atoms. The molecular weight excluding hydrogens is 242 g/mol. The van der Waals surface area contributed by atoms with Crippen LogP contribution in [0.4, 0.5) is 6.01 Å². The fourth-order valence-corrected chi connectivity index (χ4v) is 2.43. The highest BCUT2D eigenvalue weighted by molar-refractivity contribution is 5.93. The van der Waals surface area contributed by atoms with Crippen LogP contribution < -0.4 is 4.90 Å². The monoisotopic (exact) mass is 259 g/mol. The zero-order chi connectivity index (χ0) is 13.2. The van der Waals surface area contributed by atoms with E-state index in [0.29, 0.717) is 22.7 Å². The largest absolute Gasteiger partial charge is 0.423 e. The van der Waals surface area contributed by atoms with Crippen molar-refractivity contribution in [1.29, 1.82) is 0 Å². The number of hydrogen-bond acceptors (Lipinski definition) is 5. The molecule has 100 valence electrons. The molecule has 1 fully saturated rings. The first-order valence-electron chi connectivity index (χ1n) is 6.56. The molecule has 0 spiro atoms. The van der Waals surface area contributed by atoms with Crippen LogP contribution >= 0.6 is 0 Å². The third kappa shape index (κ3) is 2.33. The Balaban J connectivity index is 1.94. The lowest BCUT2D eigenvalue weighted by molar-refractivity contribution is 0.112. The number of para-hydroxylation sites is 1. The van der Waals surface area contributed by atoms with Crippen molar-refractivity contribution in [3.8, 4) is 0 Å². The number of rotatable bonds is 2. The second kappa shape index (κ2) is 5.01. The molecule has 0 aliphatic carbocycles. The number of likely N-dealkylation sites (N-methyl/N-ethyl adjacent to an activating group) is 1. The van der Waals surface area contributed by atoms with Crippen molar-refractivity contribution in [3.63, 3.8) is 0 Å². The van der Waals surface area contributed by atoms with Crippen LogP contribution in [0.15, 0.2) is 22.6 Å². The van der Waals surface area contributed by atoms with Gasteiger partial charge in [-0.3, -0.25) is 4.79 Å². The second-order valence-electron chi connectivity index (χ2n) is 4.95. The van der Waals surface area contributed by atoms with Crippen molar-refractivity contribution in [2.75, 3.05) is 38.1 Å². The second-order valence-corrected chi connectivity index (χ2v) is 4.95. The summed E-state index contributed by atoms with van der Waals surface area (Å²) in [6.45, 7) is 3.93. The Morgan fingerprint density at radius 3 is 3.00 bits per heavy atom. The summed E-state index contributed by atoms with van der Waals surface area (Å²) in [5.41, 5.74) is 1.92. The van der Waals surface area contributed by atoms with Crippen LogP contribution in [0.25, 0.3) is 11.1 Å². The summed E-state index contributed by atoms with van der Waals surface area (Å²) >= 11 is 0. The molecule has 0 radical (unpaired) electrons. The number of carbonyl (C=O) groups is 1. The first-order chi connectivity index (χ1) is 9.28. The zero-order valence-electron chi connectivity index (χ0n) is 11.0. The van der Waals surface area contributed by atoms with Gasteiger partial charge in [-0.15, -0.1) is 0 Å². The van der Waals surface area contributed by atoms with Crippen molar-refractivity contribution < 1.29 is 9.21 Å². The lowest BCUT2D eigenvalue weighted by Gasteiger charge is -2.17. The van der Waals surface area contributed by atoms with Gasteiger partial charge in [-0.25, -0.2) is 0 Å². The molecule has 0 amide bonds. The summed E-state index contributed by atoms with van der Waals surface area (Å²) in [6, 6.07) is 6.05. The molecule has 0 atom stereocenters. The molecule has 1 aliphatic rings. The summed E-state index contributed by atoms with van der Waals surface area (Å²) in [4.78, 5) is 19.9. The normalized spacial score (nSPS) is 17.6. The molecule has 1 aliphatic heterocycles. The molecule has 0 unspecified atom stereocenters. The molecule has 1 aromatic carbocycles. The maximum absolute atomic E-state index is 11.0. The molecule has 1 saturated heterocycles. The maximum Gasteiger partial charge on any atom is 0.298 e. The van der Waals surface area contributed by atoms with Crippen LogP contribution in [-0.4, -0.2) is 49.4 Å². The Labute approximate surface area is 111 Å². The standard InChI is InChI=1S/C14H17N3O2/c1-16-6-3-7-17(9-8-16)14-15-13-11(10-18)4-2-5-12(13)19-14/h2,4-5,10H,3,6-9H2,1H3. The number of oxazole rings is 1. The van der Waals surface area contributed by atoms with Crippen LogP contribution in [0.1, 0.15) is 16.8 Å². The van der Waals surface area contributed by atoms with Crippen molar-refractivity contribution >= 4 is 23.4 Å². The molecule has 5 nitrogen and oxygen atoms in total. The summed E-state index contributed by atoms with van der Waals surface area (Å²) in [5, 5.41) is 0. The molecule has 2 heterocycles. The van der Waals surface area contributed by atoms with Gasteiger partial charge in [0.2, 0.25) is 0 Å². The molecule has 19 heavy (non-hydrogen) atoms. The third-order valence-corrected chi connectivity index (χ3v) is 3.56. The van der Waals surface area contributed by atoms with E-state index in [-0.39, 0.29) is 0 Å². The minimum Gasteiger partial charge on any atom is -0.423 e. The van der Waals surface area contributed by atoms with Gasteiger partial charge in [-0.2, -0.15) is 4.98 Å². The van der Waals surface area contributed by atoms with Crippen molar-refractivity contribution in [2.45, 2.75) is 6.42 Å². The van der Waals surface area contributed by atoms with Gasteiger partial charge >= 0.3 is 0 Å². The highest BCUT2D eigenvalue weighted by Crippen LogP contribution is 2.24. The summed E-state index contributed by atoms with van der Waals surface area (Å²) < 4.78 is 5.78. The van der Waals surface area contributed by atoms with E-state index >= 15 is 0 Å². The summed E-state index contributed by atoms with van der Waals surface area (Å²) in [5.74, 6) is 0. The lowest BCUT2D eigenvalue weighted by atomic mass is 10.2. The topological polar surface area (TPSA) is 49.6 Å². The Bertz CT molecular complexity index is 593.